The standard InChI is InChI=1S/C21H19NO3/c1-15-18(21(24)25-2)13-14-22(20(15)23)19(16-9-5-3-6-10-16)17-11-7-4-8-12-17/h3-14,19H,1-2H3. The van der Waals surface area contributed by atoms with Crippen molar-refractivity contribution in [3.8, 4) is 0 Å². The molecule has 4 nitrogen and oxygen atoms in total. The molecule has 1 heterocycles. The van der Waals surface area contributed by atoms with Crippen molar-refractivity contribution in [2.75, 3.05) is 7.11 Å². The van der Waals surface area contributed by atoms with Gasteiger partial charge in [-0.25, -0.2) is 4.79 Å². The maximum Gasteiger partial charge on any atom is 0.338 e. The third-order valence-corrected chi connectivity index (χ3v) is 4.28. The summed E-state index contributed by atoms with van der Waals surface area (Å²) in [6, 6.07) is 21.0. The molecule has 4 heteroatoms. The molecule has 0 saturated carbocycles. The Hall–Kier alpha value is -3.14. The van der Waals surface area contributed by atoms with Gasteiger partial charge >= 0.3 is 5.97 Å². The van der Waals surface area contributed by atoms with E-state index in [4.69, 9.17) is 4.74 Å². The molecular formula is C21H19NO3. The van der Waals surface area contributed by atoms with Crippen LogP contribution in [0.2, 0.25) is 0 Å². The minimum Gasteiger partial charge on any atom is -0.465 e. The number of hydrogen-bond donors (Lipinski definition) is 0. The number of aromatic nitrogens is 1. The van der Waals surface area contributed by atoms with Crippen LogP contribution in [0.15, 0.2) is 77.7 Å². The summed E-state index contributed by atoms with van der Waals surface area (Å²) in [4.78, 5) is 24.8. The summed E-state index contributed by atoms with van der Waals surface area (Å²) >= 11 is 0. The monoisotopic (exact) mass is 333 g/mol. The molecule has 0 unspecified atom stereocenters. The van der Waals surface area contributed by atoms with E-state index in [1.165, 1.54) is 7.11 Å². The SMILES string of the molecule is COC(=O)c1ccn(C(c2ccccc2)c2ccccc2)c(=O)c1C. The zero-order valence-electron chi connectivity index (χ0n) is 14.2. The van der Waals surface area contributed by atoms with Gasteiger partial charge in [0, 0.05) is 11.8 Å². The van der Waals surface area contributed by atoms with E-state index in [0.29, 0.717) is 11.1 Å². The van der Waals surface area contributed by atoms with E-state index in [9.17, 15) is 9.59 Å². The summed E-state index contributed by atoms with van der Waals surface area (Å²) < 4.78 is 6.41. The molecule has 3 aromatic rings. The summed E-state index contributed by atoms with van der Waals surface area (Å²) in [5.41, 5.74) is 2.47. The molecule has 2 aromatic carbocycles. The number of ether oxygens (including phenoxy) is 1. The molecule has 0 N–H and O–H groups in total. The van der Waals surface area contributed by atoms with Gasteiger partial charge in [0.2, 0.25) is 0 Å². The van der Waals surface area contributed by atoms with E-state index in [-0.39, 0.29) is 11.6 Å². The van der Waals surface area contributed by atoms with Crippen LogP contribution < -0.4 is 5.56 Å². The van der Waals surface area contributed by atoms with Crippen molar-refractivity contribution in [2.45, 2.75) is 13.0 Å². The van der Waals surface area contributed by atoms with Gasteiger partial charge in [-0.2, -0.15) is 0 Å². The van der Waals surface area contributed by atoms with Gasteiger partial charge in [0.05, 0.1) is 18.7 Å². The molecule has 0 amide bonds. The third kappa shape index (κ3) is 3.24. The lowest BCUT2D eigenvalue weighted by molar-refractivity contribution is 0.0599. The number of carbonyl (C=O) groups excluding carboxylic acids is 1. The van der Waals surface area contributed by atoms with Crippen LogP contribution in [0, 0.1) is 6.92 Å². The van der Waals surface area contributed by atoms with Crippen molar-refractivity contribution in [3.63, 3.8) is 0 Å². The van der Waals surface area contributed by atoms with E-state index >= 15 is 0 Å². The lowest BCUT2D eigenvalue weighted by Crippen LogP contribution is -2.29. The Morgan fingerprint density at radius 2 is 1.44 bits per heavy atom. The molecule has 0 aliphatic heterocycles. The molecule has 126 valence electrons. The number of benzene rings is 2. The fraction of sp³-hybridized carbons (Fsp3) is 0.143. The van der Waals surface area contributed by atoms with Gasteiger partial charge < -0.3 is 9.30 Å². The molecular weight excluding hydrogens is 314 g/mol. The second-order valence-corrected chi connectivity index (χ2v) is 5.78. The highest BCUT2D eigenvalue weighted by molar-refractivity contribution is 5.90. The van der Waals surface area contributed by atoms with Gasteiger partial charge in [-0.3, -0.25) is 4.79 Å². The second kappa shape index (κ2) is 7.18. The molecule has 1 aromatic heterocycles. The summed E-state index contributed by atoms with van der Waals surface area (Å²) in [5.74, 6) is -0.502. The predicted molar refractivity (Wildman–Crippen MR) is 96.9 cm³/mol. The first-order valence-electron chi connectivity index (χ1n) is 8.03. The van der Waals surface area contributed by atoms with Crippen LogP contribution in [0.3, 0.4) is 0 Å². The third-order valence-electron chi connectivity index (χ3n) is 4.28. The van der Waals surface area contributed by atoms with E-state index < -0.39 is 5.97 Å². The average molecular weight is 333 g/mol. The average Bonchev–Trinajstić information content (AvgIpc) is 2.66. The van der Waals surface area contributed by atoms with Crippen molar-refractivity contribution in [2.24, 2.45) is 0 Å². The van der Waals surface area contributed by atoms with Crippen molar-refractivity contribution in [3.05, 3.63) is 106 Å². The number of pyridine rings is 1. The smallest absolute Gasteiger partial charge is 0.338 e. The largest absolute Gasteiger partial charge is 0.465 e. The van der Waals surface area contributed by atoms with Gasteiger partial charge in [-0.05, 0) is 24.1 Å². The minimum atomic E-state index is -0.502. The van der Waals surface area contributed by atoms with Crippen LogP contribution in [0.5, 0.6) is 0 Å². The van der Waals surface area contributed by atoms with Crippen LogP contribution in [0.4, 0.5) is 0 Å². The van der Waals surface area contributed by atoms with E-state index in [2.05, 4.69) is 0 Å². The van der Waals surface area contributed by atoms with Gasteiger partial charge in [0.1, 0.15) is 0 Å². The Morgan fingerprint density at radius 1 is 0.920 bits per heavy atom. The Balaban J connectivity index is 2.20. The highest BCUT2D eigenvalue weighted by atomic mass is 16.5. The van der Waals surface area contributed by atoms with Crippen molar-refractivity contribution in [1.29, 1.82) is 0 Å². The van der Waals surface area contributed by atoms with Gasteiger partial charge in [-0.1, -0.05) is 60.7 Å². The first kappa shape index (κ1) is 16.7. The van der Waals surface area contributed by atoms with E-state index in [0.717, 1.165) is 11.1 Å². The minimum absolute atomic E-state index is 0.208. The second-order valence-electron chi connectivity index (χ2n) is 5.78. The highest BCUT2D eigenvalue weighted by Crippen LogP contribution is 2.25. The Bertz CT molecular complexity index is 891. The maximum absolute atomic E-state index is 13.0. The number of hydrogen-bond acceptors (Lipinski definition) is 3. The summed E-state index contributed by atoms with van der Waals surface area (Å²) in [7, 11) is 1.31. The molecule has 0 aliphatic rings. The van der Waals surface area contributed by atoms with Crippen molar-refractivity contribution in [1.82, 2.24) is 4.57 Å². The Morgan fingerprint density at radius 3 is 1.92 bits per heavy atom. The normalized spacial score (nSPS) is 10.7. The van der Waals surface area contributed by atoms with Crippen LogP contribution in [-0.2, 0) is 4.74 Å². The maximum atomic E-state index is 13.0. The van der Waals surface area contributed by atoms with Crippen LogP contribution in [0.25, 0.3) is 0 Å². The fourth-order valence-corrected chi connectivity index (χ4v) is 2.98. The van der Waals surface area contributed by atoms with Crippen LogP contribution >= 0.6 is 0 Å². The number of carbonyl (C=O) groups is 1. The van der Waals surface area contributed by atoms with Gasteiger partial charge in [-0.15, -0.1) is 0 Å². The van der Waals surface area contributed by atoms with Gasteiger partial charge in [0.25, 0.3) is 5.56 Å². The van der Waals surface area contributed by atoms with Gasteiger partial charge in [0.15, 0.2) is 0 Å². The van der Waals surface area contributed by atoms with Crippen molar-refractivity contribution >= 4 is 5.97 Å². The predicted octanol–water partition coefficient (Wildman–Crippen LogP) is 3.58. The van der Waals surface area contributed by atoms with Crippen LogP contribution in [0.1, 0.15) is 33.1 Å². The molecule has 3 rings (SSSR count). The Labute approximate surface area is 146 Å². The fourth-order valence-electron chi connectivity index (χ4n) is 2.98. The van der Waals surface area contributed by atoms with E-state index in [1.54, 1.807) is 23.8 Å². The zero-order valence-corrected chi connectivity index (χ0v) is 14.2. The highest BCUT2D eigenvalue weighted by Gasteiger charge is 2.20. The topological polar surface area (TPSA) is 48.3 Å². The molecule has 0 radical (unpaired) electrons. The van der Waals surface area contributed by atoms with Crippen LogP contribution in [-0.4, -0.2) is 17.6 Å². The summed E-state index contributed by atoms with van der Waals surface area (Å²) in [5, 5.41) is 0. The molecule has 0 atom stereocenters. The first-order valence-corrected chi connectivity index (χ1v) is 8.03. The molecule has 0 aliphatic carbocycles. The van der Waals surface area contributed by atoms with E-state index in [1.807, 2.05) is 60.7 Å². The molecule has 0 saturated heterocycles. The number of methoxy groups -OCH3 is 1. The molecule has 0 bridgehead atoms. The number of rotatable bonds is 4. The number of esters is 1. The quantitative estimate of drug-likeness (QED) is 0.686. The zero-order chi connectivity index (χ0) is 17.8. The summed E-state index contributed by atoms with van der Waals surface area (Å²) in [6.45, 7) is 1.65. The van der Waals surface area contributed by atoms with Crippen molar-refractivity contribution < 1.29 is 9.53 Å². The molecule has 25 heavy (non-hydrogen) atoms. The molecule has 0 spiro atoms. The number of nitrogens with zero attached hydrogens (tertiary/aromatic N) is 1. The first-order chi connectivity index (χ1) is 12.1. The molecule has 0 fully saturated rings. The lowest BCUT2D eigenvalue weighted by atomic mass is 9.98. The lowest BCUT2D eigenvalue weighted by Gasteiger charge is -2.22. The Kier molecular flexibility index (Phi) is 4.80. The summed E-state index contributed by atoms with van der Waals surface area (Å²) in [6.07, 6.45) is 1.66.